The smallest absolute Gasteiger partial charge is 0.204 e. The Morgan fingerprint density at radius 3 is 1.59 bits per heavy atom. The van der Waals surface area contributed by atoms with Crippen molar-refractivity contribution in [1.82, 2.24) is 0 Å². The van der Waals surface area contributed by atoms with Crippen LogP contribution in [-0.2, 0) is 14.1 Å². The molecule has 0 atom stereocenters. The fourth-order valence-corrected chi connectivity index (χ4v) is 2.91. The van der Waals surface area contributed by atoms with Crippen molar-refractivity contribution in [2.75, 3.05) is 27.7 Å². The third-order valence-corrected chi connectivity index (χ3v) is 4.14. The lowest BCUT2D eigenvalue weighted by Crippen LogP contribution is -2.58. The Morgan fingerprint density at radius 1 is 0.909 bits per heavy atom. The maximum absolute atomic E-state index is 12.7. The first kappa shape index (κ1) is 21.7. The first-order valence-corrected chi connectivity index (χ1v) is 8.86. The molecule has 0 unspecified atom stereocenters. The molecule has 0 radical (unpaired) electrons. The van der Waals surface area contributed by atoms with E-state index in [-0.39, 0.29) is 11.6 Å². The van der Waals surface area contributed by atoms with Crippen LogP contribution < -0.4 is 0 Å². The molecule has 0 aromatic rings. The van der Waals surface area contributed by atoms with Gasteiger partial charge in [-0.3, -0.25) is 9.59 Å². The van der Waals surface area contributed by atoms with Gasteiger partial charge in [-0.05, 0) is 12.8 Å². The Bertz CT molecular complexity index is 328. The highest BCUT2D eigenvalue weighted by Crippen LogP contribution is 2.26. The number of quaternary nitrogens is 1. The van der Waals surface area contributed by atoms with Gasteiger partial charge in [0.1, 0.15) is 6.54 Å². The lowest BCUT2D eigenvalue weighted by molar-refractivity contribution is -0.873. The van der Waals surface area contributed by atoms with Crippen LogP contribution in [0, 0.1) is 0 Å². The minimum atomic E-state index is -1.35. The fourth-order valence-electron chi connectivity index (χ4n) is 2.62. The normalized spacial score (nSPS) is 12.5. The topological polar surface area (TPSA) is 43.4 Å². The number of Topliss-reactive ketones (excluding diaryl/α,β-unsaturated/α-hetero) is 2. The zero-order valence-corrected chi connectivity index (χ0v) is 16.0. The molecular weight excluding hydrogens is 297 g/mol. The van der Waals surface area contributed by atoms with Crippen molar-refractivity contribution < 1.29 is 18.6 Å². The molecule has 130 valence electrons. The maximum atomic E-state index is 12.7. The fraction of sp³-hybridized carbons (Fsp3) is 0.882. The van der Waals surface area contributed by atoms with E-state index in [4.69, 9.17) is 4.52 Å². The number of unbranched alkanes of at least 4 members (excludes halogenated alkanes) is 4. The Labute approximate surface area is 138 Å². The number of carbonyl (C=O) groups excluding carboxylic acids is 2. The molecule has 0 fully saturated rings. The number of hydrogen-bond acceptors (Lipinski definition) is 3. The van der Waals surface area contributed by atoms with Crippen LogP contribution in [0.15, 0.2) is 0 Å². The molecule has 4 nitrogen and oxygen atoms in total. The van der Waals surface area contributed by atoms with Crippen molar-refractivity contribution in [3.63, 3.8) is 0 Å². The lowest BCUT2D eigenvalue weighted by atomic mass is 9.86. The Hall–Kier alpha value is -0.310. The van der Waals surface area contributed by atoms with E-state index in [0.29, 0.717) is 23.9 Å². The summed E-state index contributed by atoms with van der Waals surface area (Å²) >= 11 is 0. The van der Waals surface area contributed by atoms with Gasteiger partial charge in [-0.25, -0.2) is 0 Å². The summed E-state index contributed by atoms with van der Waals surface area (Å²) in [6, 6.07) is 0. The third kappa shape index (κ3) is 7.30. The van der Waals surface area contributed by atoms with Crippen LogP contribution >= 0.6 is 9.47 Å². The Balaban J connectivity index is 5.15. The zero-order chi connectivity index (χ0) is 17.2. The highest BCUT2D eigenvalue weighted by molar-refractivity contribution is 7.10. The second-order valence-electron chi connectivity index (χ2n) is 7.14. The van der Waals surface area contributed by atoms with E-state index in [2.05, 4.69) is 23.3 Å². The highest BCUT2D eigenvalue weighted by atomic mass is 31.0. The van der Waals surface area contributed by atoms with E-state index in [9.17, 15) is 9.59 Å². The van der Waals surface area contributed by atoms with Gasteiger partial charge in [0.05, 0.1) is 21.1 Å². The maximum Gasteiger partial charge on any atom is 0.204 e. The predicted octanol–water partition coefficient (Wildman–Crippen LogP) is 3.80. The summed E-state index contributed by atoms with van der Waals surface area (Å²) in [6.07, 6.45) is 6.52. The highest BCUT2D eigenvalue weighted by Gasteiger charge is 2.46. The van der Waals surface area contributed by atoms with Crippen LogP contribution in [0.1, 0.15) is 65.2 Å². The summed E-state index contributed by atoms with van der Waals surface area (Å²) in [5.41, 5.74) is -1.35. The van der Waals surface area contributed by atoms with Crippen molar-refractivity contribution in [1.29, 1.82) is 0 Å². The van der Waals surface area contributed by atoms with Crippen molar-refractivity contribution >= 4 is 21.0 Å². The number of likely N-dealkylation sites (N-methyl/N-ethyl adjacent to an activating group) is 1. The van der Waals surface area contributed by atoms with Crippen LogP contribution in [0.25, 0.3) is 0 Å². The van der Waals surface area contributed by atoms with E-state index in [0.717, 1.165) is 38.5 Å². The molecule has 5 heteroatoms. The Morgan fingerprint density at radius 2 is 1.32 bits per heavy atom. The lowest BCUT2D eigenvalue weighted by Gasteiger charge is -2.39. The van der Waals surface area contributed by atoms with Crippen molar-refractivity contribution in [2.45, 2.75) is 70.8 Å². The quantitative estimate of drug-likeness (QED) is 0.223. The summed E-state index contributed by atoms with van der Waals surface area (Å²) in [5, 5.41) is 0. The van der Waals surface area contributed by atoms with Gasteiger partial charge < -0.3 is 18.5 Å². The van der Waals surface area contributed by atoms with Crippen LogP contribution in [0.3, 0.4) is 0 Å². The monoisotopic (exact) mass is 331 g/mol. The third-order valence-electron chi connectivity index (χ3n) is 3.79. The molecule has 0 saturated carbocycles. The molecular formula is C17H34NO3P. The summed E-state index contributed by atoms with van der Waals surface area (Å²) in [6.45, 7) is 4.55. The molecule has 0 rings (SSSR count). The first-order chi connectivity index (χ1) is 10.2. The average molecular weight is 331 g/mol. The molecule has 0 heterocycles. The standard InChI is InChI=1S/C17H34NO3P/c1-6-8-10-12-15(19)17(21-22,14-18(3,4)5)16(20)13-11-9-7-2/h22H,6-14H2,1-5H3. The predicted molar refractivity (Wildman–Crippen MR) is 93.3 cm³/mol. The molecule has 0 aromatic heterocycles. The molecule has 0 aliphatic heterocycles. The number of rotatable bonds is 13. The number of ketones is 2. The van der Waals surface area contributed by atoms with E-state index in [1.807, 2.05) is 21.1 Å². The molecule has 0 N–H and O–H groups in total. The molecule has 0 aromatic carbocycles. The van der Waals surface area contributed by atoms with Gasteiger partial charge in [-0.1, -0.05) is 39.5 Å². The van der Waals surface area contributed by atoms with E-state index in [1.165, 1.54) is 0 Å². The molecule has 0 aliphatic carbocycles. The van der Waals surface area contributed by atoms with E-state index < -0.39 is 5.60 Å². The molecule has 0 bridgehead atoms. The van der Waals surface area contributed by atoms with Gasteiger partial charge in [0.15, 0.2) is 11.6 Å². The first-order valence-electron chi connectivity index (χ1n) is 8.45. The number of hydrogen-bond donors (Lipinski definition) is 0. The van der Waals surface area contributed by atoms with E-state index >= 15 is 0 Å². The SMILES string of the molecule is CCCCCC(=O)C(C[N+](C)(C)C)(O[PH-])C(=O)CCCCC. The molecule has 0 amide bonds. The van der Waals surface area contributed by atoms with Crippen LogP contribution in [0.5, 0.6) is 0 Å². The molecule has 22 heavy (non-hydrogen) atoms. The van der Waals surface area contributed by atoms with Crippen LogP contribution in [-0.4, -0.2) is 49.3 Å². The molecule has 0 spiro atoms. The summed E-state index contributed by atoms with van der Waals surface area (Å²) in [7, 11) is 8.96. The minimum absolute atomic E-state index is 0.0921. The van der Waals surface area contributed by atoms with Crippen molar-refractivity contribution in [3.05, 3.63) is 0 Å². The second kappa shape index (κ2) is 10.5. The zero-order valence-electron chi connectivity index (χ0n) is 15.0. The molecule has 0 saturated heterocycles. The number of carbonyl (C=O) groups is 2. The van der Waals surface area contributed by atoms with Gasteiger partial charge in [0.25, 0.3) is 0 Å². The Kier molecular flexibility index (Phi) is 10.3. The van der Waals surface area contributed by atoms with Gasteiger partial charge >= 0.3 is 0 Å². The van der Waals surface area contributed by atoms with Crippen molar-refractivity contribution in [3.8, 4) is 0 Å². The summed E-state index contributed by atoms with van der Waals surface area (Å²) < 4.78 is 5.89. The largest absolute Gasteiger partial charge is 0.541 e. The minimum Gasteiger partial charge on any atom is -0.541 e. The van der Waals surface area contributed by atoms with Crippen LogP contribution in [0.2, 0.25) is 0 Å². The average Bonchev–Trinajstić information content (AvgIpc) is 2.44. The summed E-state index contributed by atoms with van der Waals surface area (Å²) in [4.78, 5) is 25.5. The van der Waals surface area contributed by atoms with Gasteiger partial charge in [0.2, 0.25) is 5.60 Å². The molecule has 0 aliphatic rings. The summed E-state index contributed by atoms with van der Waals surface area (Å²) in [5.74, 6) is -0.184. The van der Waals surface area contributed by atoms with Gasteiger partial charge in [-0.15, -0.1) is 0 Å². The second-order valence-corrected chi connectivity index (χ2v) is 7.34. The van der Waals surface area contributed by atoms with Crippen molar-refractivity contribution in [2.24, 2.45) is 0 Å². The van der Waals surface area contributed by atoms with Gasteiger partial charge in [0, 0.05) is 12.8 Å². The number of nitrogens with zero attached hydrogens (tertiary/aromatic N) is 1. The van der Waals surface area contributed by atoms with Gasteiger partial charge in [-0.2, -0.15) is 0 Å². The van der Waals surface area contributed by atoms with E-state index in [1.54, 1.807) is 0 Å². The van der Waals surface area contributed by atoms with Crippen LogP contribution in [0.4, 0.5) is 0 Å².